The van der Waals surface area contributed by atoms with E-state index in [1.807, 2.05) is 0 Å². The maximum atomic E-state index is 3.50. The minimum absolute atomic E-state index is 0.919. The van der Waals surface area contributed by atoms with Crippen molar-refractivity contribution in [2.45, 2.75) is 31.3 Å². The number of nitrogens with zero attached hydrogens (tertiary/aromatic N) is 1. The first kappa shape index (κ1) is 6.44. The predicted molar refractivity (Wildman–Crippen MR) is 44.5 cm³/mol. The first-order valence-electron chi connectivity index (χ1n) is 4.91. The molecule has 3 fully saturated rings. The Morgan fingerprint density at radius 3 is 3.18 bits per heavy atom. The largest absolute Gasteiger partial charge is 0.314 e. The maximum absolute atomic E-state index is 3.50. The van der Waals surface area contributed by atoms with Crippen molar-refractivity contribution < 1.29 is 0 Å². The lowest BCUT2D eigenvalue weighted by atomic mass is 9.97. The summed E-state index contributed by atoms with van der Waals surface area (Å²) in [5, 5.41) is 3.50. The van der Waals surface area contributed by atoms with Gasteiger partial charge in [-0.25, -0.2) is 0 Å². The second-order valence-electron chi connectivity index (χ2n) is 4.24. The number of rotatable bonds is 0. The highest BCUT2D eigenvalue weighted by Gasteiger charge is 2.45. The van der Waals surface area contributed by atoms with Crippen LogP contribution in [0, 0.1) is 5.92 Å². The van der Waals surface area contributed by atoms with Crippen LogP contribution in [0.25, 0.3) is 0 Å². The average Bonchev–Trinajstić information content (AvgIpc) is 2.64. The van der Waals surface area contributed by atoms with Crippen molar-refractivity contribution in [3.8, 4) is 0 Å². The van der Waals surface area contributed by atoms with Crippen molar-refractivity contribution in [3.63, 3.8) is 0 Å². The van der Waals surface area contributed by atoms with Gasteiger partial charge in [-0.3, -0.25) is 4.90 Å². The molecule has 3 rings (SSSR count). The molecule has 3 aliphatic rings. The summed E-state index contributed by atoms with van der Waals surface area (Å²) in [5.74, 6) is 1.05. The maximum Gasteiger partial charge on any atom is 0.0252 e. The van der Waals surface area contributed by atoms with Crippen molar-refractivity contribution in [1.29, 1.82) is 0 Å². The monoisotopic (exact) mass is 152 g/mol. The summed E-state index contributed by atoms with van der Waals surface area (Å²) in [6.45, 7) is 3.80. The van der Waals surface area contributed by atoms with Crippen LogP contribution in [-0.2, 0) is 0 Å². The Morgan fingerprint density at radius 2 is 2.27 bits per heavy atom. The fraction of sp³-hybridized carbons (Fsp3) is 1.00. The van der Waals surface area contributed by atoms with E-state index >= 15 is 0 Å². The fourth-order valence-electron chi connectivity index (χ4n) is 3.27. The molecule has 3 atom stereocenters. The molecule has 0 aromatic heterocycles. The summed E-state index contributed by atoms with van der Waals surface area (Å²) in [6.07, 6.45) is 4.50. The normalized spacial score (nSPS) is 49.6. The molecule has 2 bridgehead atoms. The van der Waals surface area contributed by atoms with Crippen LogP contribution in [0.5, 0.6) is 0 Å². The summed E-state index contributed by atoms with van der Waals surface area (Å²) < 4.78 is 0. The second kappa shape index (κ2) is 2.20. The molecule has 0 radical (unpaired) electrons. The van der Waals surface area contributed by atoms with E-state index in [0.29, 0.717) is 0 Å². The van der Waals surface area contributed by atoms with Gasteiger partial charge in [0.2, 0.25) is 0 Å². The highest BCUT2D eigenvalue weighted by Crippen LogP contribution is 2.42. The zero-order valence-corrected chi connectivity index (χ0v) is 6.92. The lowest BCUT2D eigenvalue weighted by Crippen LogP contribution is -2.53. The van der Waals surface area contributed by atoms with Gasteiger partial charge in [-0.15, -0.1) is 0 Å². The van der Waals surface area contributed by atoms with Crippen molar-refractivity contribution >= 4 is 0 Å². The van der Waals surface area contributed by atoms with Crippen LogP contribution < -0.4 is 5.32 Å². The first-order valence-corrected chi connectivity index (χ1v) is 4.91. The van der Waals surface area contributed by atoms with Gasteiger partial charge in [0.15, 0.2) is 0 Å². The van der Waals surface area contributed by atoms with E-state index in [4.69, 9.17) is 0 Å². The Balaban J connectivity index is 1.84. The van der Waals surface area contributed by atoms with E-state index in [2.05, 4.69) is 10.2 Å². The van der Waals surface area contributed by atoms with E-state index < -0.39 is 0 Å². The number of piperidine rings is 1. The van der Waals surface area contributed by atoms with E-state index in [1.165, 1.54) is 38.9 Å². The van der Waals surface area contributed by atoms with Gasteiger partial charge >= 0.3 is 0 Å². The van der Waals surface area contributed by atoms with Crippen LogP contribution in [-0.4, -0.2) is 36.6 Å². The Hall–Kier alpha value is -0.0800. The molecule has 1 N–H and O–H groups in total. The summed E-state index contributed by atoms with van der Waals surface area (Å²) >= 11 is 0. The Bertz CT molecular complexity index is 151. The van der Waals surface area contributed by atoms with Crippen LogP contribution in [0.4, 0.5) is 0 Å². The number of fused-ring (bicyclic) bond motifs is 5. The zero-order valence-electron chi connectivity index (χ0n) is 6.92. The number of piperazine rings is 1. The van der Waals surface area contributed by atoms with Gasteiger partial charge in [0, 0.05) is 31.7 Å². The quantitative estimate of drug-likeness (QED) is 0.542. The molecular weight excluding hydrogens is 136 g/mol. The third kappa shape index (κ3) is 0.798. The molecule has 2 saturated heterocycles. The second-order valence-corrected chi connectivity index (χ2v) is 4.24. The Morgan fingerprint density at radius 1 is 1.27 bits per heavy atom. The smallest absolute Gasteiger partial charge is 0.0252 e. The number of hydrogen-bond acceptors (Lipinski definition) is 2. The lowest BCUT2D eigenvalue weighted by molar-refractivity contribution is 0.112. The van der Waals surface area contributed by atoms with E-state index in [9.17, 15) is 0 Å². The first-order chi connectivity index (χ1) is 5.45. The van der Waals surface area contributed by atoms with Crippen LogP contribution >= 0.6 is 0 Å². The van der Waals surface area contributed by atoms with E-state index in [-0.39, 0.29) is 0 Å². The minimum Gasteiger partial charge on any atom is -0.314 e. The molecule has 0 unspecified atom stereocenters. The van der Waals surface area contributed by atoms with Gasteiger partial charge in [0.1, 0.15) is 0 Å². The highest BCUT2D eigenvalue weighted by molar-refractivity contribution is 5.01. The summed E-state index contributed by atoms with van der Waals surface area (Å²) in [5.41, 5.74) is 0. The fourth-order valence-corrected chi connectivity index (χ4v) is 3.27. The molecule has 2 aliphatic heterocycles. The summed E-state index contributed by atoms with van der Waals surface area (Å²) in [4.78, 5) is 2.75. The van der Waals surface area contributed by atoms with Gasteiger partial charge in [0.05, 0.1) is 0 Å². The van der Waals surface area contributed by atoms with Gasteiger partial charge in [0.25, 0.3) is 0 Å². The number of hydrogen-bond donors (Lipinski definition) is 1. The molecule has 1 aliphatic carbocycles. The van der Waals surface area contributed by atoms with E-state index in [1.54, 1.807) is 0 Å². The van der Waals surface area contributed by atoms with Crippen molar-refractivity contribution in [2.75, 3.05) is 19.6 Å². The van der Waals surface area contributed by atoms with Crippen LogP contribution in [0.15, 0.2) is 0 Å². The third-order valence-corrected chi connectivity index (χ3v) is 3.78. The Kier molecular flexibility index (Phi) is 1.29. The van der Waals surface area contributed by atoms with Crippen LogP contribution in [0.3, 0.4) is 0 Å². The van der Waals surface area contributed by atoms with Crippen molar-refractivity contribution in [1.82, 2.24) is 10.2 Å². The van der Waals surface area contributed by atoms with Gasteiger partial charge in [-0.05, 0) is 25.2 Å². The molecule has 0 amide bonds. The summed E-state index contributed by atoms with van der Waals surface area (Å²) in [7, 11) is 0. The molecule has 0 aromatic rings. The molecule has 2 heteroatoms. The predicted octanol–water partition coefficient (Wildman–Crippen LogP) is 0.442. The standard InChI is InChI=1S/C9H16N2/c1-2-8-5-7(1)9-6-10-3-4-11(8)9/h7-10H,1-6H2/t7-,8-,9-/m0/s1. The topological polar surface area (TPSA) is 15.3 Å². The van der Waals surface area contributed by atoms with Gasteiger partial charge in [-0.2, -0.15) is 0 Å². The number of nitrogens with one attached hydrogen (secondary N) is 1. The van der Waals surface area contributed by atoms with E-state index in [0.717, 1.165) is 18.0 Å². The molecule has 2 nitrogen and oxygen atoms in total. The van der Waals surface area contributed by atoms with Crippen molar-refractivity contribution in [2.24, 2.45) is 5.92 Å². The third-order valence-electron chi connectivity index (χ3n) is 3.78. The zero-order chi connectivity index (χ0) is 7.26. The van der Waals surface area contributed by atoms with Gasteiger partial charge in [-0.1, -0.05) is 0 Å². The van der Waals surface area contributed by atoms with Crippen LogP contribution in [0.1, 0.15) is 19.3 Å². The Labute approximate surface area is 68.0 Å². The van der Waals surface area contributed by atoms with Gasteiger partial charge < -0.3 is 5.32 Å². The highest BCUT2D eigenvalue weighted by atomic mass is 15.3. The molecule has 62 valence electrons. The SMILES string of the molecule is C1CN2[C@H]3CC[C@@H](C3)[C@@H]2CN1. The molecule has 11 heavy (non-hydrogen) atoms. The molecule has 0 spiro atoms. The molecule has 0 aromatic carbocycles. The molecule has 2 heterocycles. The minimum atomic E-state index is 0.919. The summed E-state index contributed by atoms with van der Waals surface area (Å²) in [6, 6.07) is 1.90. The molecular formula is C9H16N2. The lowest BCUT2D eigenvalue weighted by Gasteiger charge is -2.39. The molecule has 1 saturated carbocycles. The van der Waals surface area contributed by atoms with Crippen LogP contribution in [0.2, 0.25) is 0 Å². The average molecular weight is 152 g/mol. The van der Waals surface area contributed by atoms with Crippen molar-refractivity contribution in [3.05, 3.63) is 0 Å².